The molecule has 0 spiro atoms. The van der Waals surface area contributed by atoms with Crippen LogP contribution in [0.25, 0.3) is 0 Å². The maximum Gasteiger partial charge on any atom is 1.00 e. The zero-order valence-electron chi connectivity index (χ0n) is 12.7. The number of carbonyl (C=O) groups is 2. The summed E-state index contributed by atoms with van der Waals surface area (Å²) in [5.74, 6) is -3.35. The topological polar surface area (TPSA) is 199 Å². The van der Waals surface area contributed by atoms with E-state index in [0.717, 1.165) is 0 Å². The Hall–Kier alpha value is -1.24. The number of aliphatic hydroxyl groups excluding tert-OH is 5. The molecule has 0 radical (unpaired) electrons. The van der Waals surface area contributed by atoms with Gasteiger partial charge in [-0.15, -0.1) is 0 Å². The van der Waals surface area contributed by atoms with Crippen molar-refractivity contribution in [3.05, 3.63) is 29.8 Å². The molecule has 0 amide bonds. The minimum atomic E-state index is -2.20. The maximum absolute atomic E-state index is 10.2. The summed E-state index contributed by atoms with van der Waals surface area (Å²) in [7, 11) is 0. The predicted molar refractivity (Wildman–Crippen MR) is 71.2 cm³/mol. The van der Waals surface area contributed by atoms with E-state index in [-0.39, 0.29) is 40.9 Å². The van der Waals surface area contributed by atoms with Crippen molar-refractivity contribution in [2.24, 2.45) is 0 Å². The van der Waals surface area contributed by atoms with E-state index >= 15 is 0 Å². The van der Waals surface area contributed by atoms with E-state index in [2.05, 4.69) is 0 Å². The van der Waals surface area contributed by atoms with Gasteiger partial charge in [-0.2, -0.15) is 0 Å². The molecule has 11 heteroatoms. The summed E-state index contributed by atoms with van der Waals surface area (Å²) < 4.78 is 0. The second kappa shape index (κ2) is 12.2. The molecule has 4 atom stereocenters. The van der Waals surface area contributed by atoms with Crippen LogP contribution in [0.1, 0.15) is 10.4 Å². The van der Waals surface area contributed by atoms with Crippen molar-refractivity contribution in [1.82, 2.24) is 0 Å². The fourth-order valence-corrected chi connectivity index (χ4v) is 1.31. The molecule has 0 saturated heterocycles. The maximum atomic E-state index is 10.2. The Morgan fingerprint density at radius 1 is 1.04 bits per heavy atom. The van der Waals surface area contributed by atoms with Gasteiger partial charge in [0.2, 0.25) is 0 Å². The normalized spacial score (nSPS) is 14.9. The van der Waals surface area contributed by atoms with E-state index in [1.165, 1.54) is 18.2 Å². The summed E-state index contributed by atoms with van der Waals surface area (Å²) in [5, 5.41) is 70.8. The molecule has 1 aromatic carbocycles. The Bertz CT molecular complexity index is 523. The van der Waals surface area contributed by atoms with Gasteiger partial charge in [0, 0.05) is 5.56 Å². The number of carboxylic acid groups (broad SMARTS) is 2. The number of phenols is 1. The van der Waals surface area contributed by atoms with E-state index in [1.54, 1.807) is 6.07 Å². The third kappa shape index (κ3) is 8.04. The first-order valence-corrected chi connectivity index (χ1v) is 6.18. The van der Waals surface area contributed by atoms with Crippen LogP contribution < -0.4 is 34.7 Å². The Morgan fingerprint density at radius 3 is 1.88 bits per heavy atom. The Morgan fingerprint density at radius 2 is 1.54 bits per heavy atom. The van der Waals surface area contributed by atoms with Crippen LogP contribution in [0.15, 0.2) is 24.3 Å². The van der Waals surface area contributed by atoms with E-state index < -0.39 is 43.0 Å². The molecule has 0 fully saturated rings. The van der Waals surface area contributed by atoms with Gasteiger partial charge >= 0.3 is 35.5 Å². The molecular weight excluding hydrogens is 339 g/mol. The number of para-hydroxylation sites is 1. The van der Waals surface area contributed by atoms with Crippen molar-refractivity contribution in [2.45, 2.75) is 24.4 Å². The monoisotopic (exact) mass is 356 g/mol. The summed E-state index contributed by atoms with van der Waals surface area (Å²) in [5.41, 5.74) is -0.178. The molecule has 1 rings (SSSR count). The van der Waals surface area contributed by atoms with Gasteiger partial charge in [0.15, 0.2) is 6.10 Å². The van der Waals surface area contributed by atoms with Crippen LogP contribution in [0, 0.1) is 0 Å². The smallest absolute Gasteiger partial charge is 0.545 e. The Balaban J connectivity index is 0. The zero-order chi connectivity index (χ0) is 18.2. The molecule has 0 heterocycles. The first kappa shape index (κ1) is 25.0. The largest absolute Gasteiger partial charge is 1.00 e. The summed E-state index contributed by atoms with van der Waals surface area (Å²) in [6.07, 6.45) is -7.84. The van der Waals surface area contributed by atoms with Crippen LogP contribution in [0.3, 0.4) is 0 Å². The van der Waals surface area contributed by atoms with Crippen LogP contribution >= 0.6 is 0 Å². The second-order valence-electron chi connectivity index (χ2n) is 4.32. The average molecular weight is 356 g/mol. The molecule has 10 nitrogen and oxygen atoms in total. The third-order valence-corrected chi connectivity index (χ3v) is 2.63. The van der Waals surface area contributed by atoms with Crippen LogP contribution in [-0.2, 0) is 4.79 Å². The summed E-state index contributed by atoms with van der Waals surface area (Å²) in [4.78, 5) is 20.2. The molecule has 0 aliphatic rings. The van der Waals surface area contributed by atoms with Gasteiger partial charge in [0.1, 0.15) is 24.1 Å². The average Bonchev–Trinajstić information content (AvgIpc) is 2.52. The van der Waals surface area contributed by atoms with Crippen molar-refractivity contribution >= 4 is 11.9 Å². The molecule has 0 aromatic heterocycles. The first-order valence-electron chi connectivity index (χ1n) is 6.18. The van der Waals surface area contributed by atoms with E-state index in [0.29, 0.717) is 0 Å². The molecule has 0 aliphatic heterocycles. The van der Waals surface area contributed by atoms with Crippen molar-refractivity contribution in [1.29, 1.82) is 0 Å². The summed E-state index contributed by atoms with van der Waals surface area (Å²) >= 11 is 0. The molecule has 7 N–H and O–H groups in total. The number of carbonyl (C=O) groups excluding carboxylic acids is 1. The number of carboxylic acids is 2. The third-order valence-electron chi connectivity index (χ3n) is 2.63. The Labute approximate surface area is 158 Å². The van der Waals surface area contributed by atoms with Gasteiger partial charge in [-0.25, -0.2) is 4.79 Å². The van der Waals surface area contributed by atoms with E-state index in [1.807, 2.05) is 0 Å². The molecular formula is C13H17NaO10. The molecule has 24 heavy (non-hydrogen) atoms. The number of aromatic carboxylic acids is 1. The molecule has 0 saturated carbocycles. The van der Waals surface area contributed by atoms with Gasteiger partial charge in [-0.05, 0) is 12.1 Å². The molecule has 1 aromatic rings. The number of rotatable bonds is 6. The summed E-state index contributed by atoms with van der Waals surface area (Å²) in [6, 6.07) is 5.64. The number of aliphatic hydroxyl groups is 5. The van der Waals surface area contributed by atoms with Gasteiger partial charge in [0.25, 0.3) is 0 Å². The van der Waals surface area contributed by atoms with Crippen molar-refractivity contribution in [3.63, 3.8) is 0 Å². The summed E-state index contributed by atoms with van der Waals surface area (Å²) in [6.45, 7) is -0.843. The van der Waals surface area contributed by atoms with Crippen LogP contribution in [0.4, 0.5) is 0 Å². The number of aromatic hydroxyl groups is 1. The predicted octanol–water partition coefficient (Wildman–Crippen LogP) is -6.73. The number of hydrogen-bond donors (Lipinski definition) is 7. The van der Waals surface area contributed by atoms with Crippen LogP contribution in [0.5, 0.6) is 5.75 Å². The SMILES string of the molecule is O=C(O)C(O)C(O)C(O)C(O)CO.O=C([O-])c1ccccc1O.[Na+]. The minimum Gasteiger partial charge on any atom is -0.545 e. The zero-order valence-corrected chi connectivity index (χ0v) is 14.7. The van der Waals surface area contributed by atoms with Crippen LogP contribution in [0.2, 0.25) is 0 Å². The second-order valence-corrected chi connectivity index (χ2v) is 4.32. The van der Waals surface area contributed by atoms with E-state index in [4.69, 9.17) is 35.7 Å². The standard InChI is InChI=1S/C7H6O3.C6H12O7.Na/c8-6-4-2-1-3-5(6)7(9)10;7-1-2(8)3(9)4(10)5(11)6(12)13;/h1-4,8H,(H,9,10);2-5,7-11H,1H2,(H,12,13);/q;;+1/p-1. The van der Waals surface area contributed by atoms with Crippen molar-refractivity contribution in [3.8, 4) is 5.75 Å². The van der Waals surface area contributed by atoms with Gasteiger partial charge in [0.05, 0.1) is 12.6 Å². The molecule has 4 unspecified atom stereocenters. The van der Waals surface area contributed by atoms with Crippen LogP contribution in [-0.4, -0.2) is 78.7 Å². The first-order chi connectivity index (χ1) is 10.6. The molecule has 0 bridgehead atoms. The van der Waals surface area contributed by atoms with Crippen molar-refractivity contribution < 1.29 is 80.0 Å². The Kier molecular flexibility index (Phi) is 12.7. The number of aliphatic carboxylic acids is 1. The van der Waals surface area contributed by atoms with Crippen molar-refractivity contribution in [2.75, 3.05) is 6.61 Å². The number of hydrogen-bond acceptors (Lipinski definition) is 9. The van der Waals surface area contributed by atoms with Gasteiger partial charge in [-0.3, -0.25) is 0 Å². The number of benzene rings is 1. The molecule has 0 aliphatic carbocycles. The molecule has 130 valence electrons. The minimum absolute atomic E-state index is 0. The quantitative estimate of drug-likeness (QED) is 0.240. The van der Waals surface area contributed by atoms with E-state index in [9.17, 15) is 14.7 Å². The fourth-order valence-electron chi connectivity index (χ4n) is 1.31. The van der Waals surface area contributed by atoms with Gasteiger partial charge < -0.3 is 45.6 Å². The fraction of sp³-hybridized carbons (Fsp3) is 0.385. The van der Waals surface area contributed by atoms with Gasteiger partial charge in [-0.1, -0.05) is 12.1 Å².